The fraction of sp³-hybridized carbons (Fsp3) is 1.00. The minimum absolute atomic E-state index is 1.38. The van der Waals surface area contributed by atoms with Gasteiger partial charge in [-0.15, -0.1) is 0 Å². The maximum Gasteiger partial charge on any atom is 0.266 e. The summed E-state index contributed by atoms with van der Waals surface area (Å²) in [5.41, 5.74) is 0. The van der Waals surface area contributed by atoms with Gasteiger partial charge in [0.25, 0.3) is 6.43 Å². The third kappa shape index (κ3) is 2.45. The van der Waals surface area contributed by atoms with E-state index in [4.69, 9.17) is 5.11 Å². The van der Waals surface area contributed by atoms with Crippen molar-refractivity contribution >= 4 is 0 Å². The molecule has 0 saturated carbocycles. The van der Waals surface area contributed by atoms with Gasteiger partial charge in [0.2, 0.25) is 0 Å². The van der Waals surface area contributed by atoms with Crippen LogP contribution in [-0.4, -0.2) is 24.3 Å². The highest BCUT2D eigenvalue weighted by Crippen LogP contribution is 1.99. The van der Waals surface area contributed by atoms with E-state index in [0.29, 0.717) is 0 Å². The van der Waals surface area contributed by atoms with Crippen molar-refractivity contribution in [2.75, 3.05) is 6.67 Å². The Labute approximate surface area is 38.8 Å². The van der Waals surface area contributed by atoms with Crippen LogP contribution in [0.4, 0.5) is 13.2 Å². The summed E-state index contributed by atoms with van der Waals surface area (Å²) in [6, 6.07) is 0. The molecule has 7 heavy (non-hydrogen) atoms. The molecule has 0 heterocycles. The fourth-order valence-electron chi connectivity index (χ4n) is 0.0673. The van der Waals surface area contributed by atoms with Gasteiger partial charge in [-0.3, -0.25) is 0 Å². The van der Waals surface area contributed by atoms with Crippen LogP contribution < -0.4 is 0 Å². The standard InChI is InChI=1S/C3H5F3O/c4-1-2(7)3(5)6/h2-3,7H,1H2. The average molecular weight is 114 g/mol. The molecule has 0 aliphatic carbocycles. The minimum Gasteiger partial charge on any atom is -0.384 e. The third-order valence-electron chi connectivity index (χ3n) is 0.449. The van der Waals surface area contributed by atoms with Crippen molar-refractivity contribution in [3.05, 3.63) is 0 Å². The fourth-order valence-corrected chi connectivity index (χ4v) is 0.0673. The van der Waals surface area contributed by atoms with Crippen molar-refractivity contribution in [2.45, 2.75) is 12.5 Å². The molecule has 0 aromatic heterocycles. The smallest absolute Gasteiger partial charge is 0.266 e. The molecule has 1 atom stereocenters. The maximum atomic E-state index is 10.9. The quantitative estimate of drug-likeness (QED) is 0.556. The molecule has 0 bridgehead atoms. The summed E-state index contributed by atoms with van der Waals surface area (Å²) in [6.45, 7) is -1.38. The van der Waals surface area contributed by atoms with Crippen LogP contribution in [0, 0.1) is 0 Å². The summed E-state index contributed by atoms with van der Waals surface area (Å²) in [5.74, 6) is 0. The van der Waals surface area contributed by atoms with E-state index in [1.165, 1.54) is 0 Å². The molecule has 0 aromatic rings. The predicted octanol–water partition coefficient (Wildman–Crippen LogP) is 0.582. The molecule has 0 saturated heterocycles. The molecule has 0 rings (SSSR count). The second kappa shape index (κ2) is 2.85. The molecule has 1 nitrogen and oxygen atoms in total. The SMILES string of the molecule is OC(CF)C(F)F. The zero-order valence-corrected chi connectivity index (χ0v) is 3.44. The van der Waals surface area contributed by atoms with Crippen LogP contribution in [0.3, 0.4) is 0 Å². The van der Waals surface area contributed by atoms with Gasteiger partial charge in [-0.1, -0.05) is 0 Å². The Morgan fingerprint density at radius 2 is 1.86 bits per heavy atom. The summed E-state index contributed by atoms with van der Waals surface area (Å²) in [6.07, 6.45) is -5.05. The van der Waals surface area contributed by atoms with Crippen LogP contribution in [-0.2, 0) is 0 Å². The zero-order chi connectivity index (χ0) is 5.86. The van der Waals surface area contributed by atoms with Crippen LogP contribution in [0.5, 0.6) is 0 Å². The van der Waals surface area contributed by atoms with E-state index in [1.807, 2.05) is 0 Å². The molecule has 44 valence electrons. The molecule has 1 unspecified atom stereocenters. The monoisotopic (exact) mass is 114 g/mol. The number of hydrogen-bond donors (Lipinski definition) is 1. The Balaban J connectivity index is 3.14. The van der Waals surface area contributed by atoms with E-state index < -0.39 is 19.2 Å². The normalized spacial score (nSPS) is 15.0. The van der Waals surface area contributed by atoms with Crippen LogP contribution in [0.2, 0.25) is 0 Å². The van der Waals surface area contributed by atoms with Gasteiger partial charge in [-0.2, -0.15) is 0 Å². The van der Waals surface area contributed by atoms with Gasteiger partial charge in [0.15, 0.2) is 0 Å². The lowest BCUT2D eigenvalue weighted by Gasteiger charge is -2.00. The number of aliphatic hydroxyl groups excluding tert-OH is 1. The second-order valence-electron chi connectivity index (χ2n) is 1.06. The highest BCUT2D eigenvalue weighted by molar-refractivity contribution is 4.52. The summed E-state index contributed by atoms with van der Waals surface area (Å²) in [7, 11) is 0. The Hall–Kier alpha value is -0.250. The molecule has 0 aliphatic rings. The third-order valence-corrected chi connectivity index (χ3v) is 0.449. The lowest BCUT2D eigenvalue weighted by atomic mass is 10.4. The van der Waals surface area contributed by atoms with Crippen molar-refractivity contribution in [1.82, 2.24) is 0 Å². The van der Waals surface area contributed by atoms with E-state index in [0.717, 1.165) is 0 Å². The van der Waals surface area contributed by atoms with Crippen LogP contribution >= 0.6 is 0 Å². The Morgan fingerprint density at radius 3 is 1.86 bits per heavy atom. The van der Waals surface area contributed by atoms with Crippen LogP contribution in [0.25, 0.3) is 0 Å². The van der Waals surface area contributed by atoms with Gasteiger partial charge in [-0.05, 0) is 0 Å². The first-order chi connectivity index (χ1) is 3.18. The molecule has 0 spiro atoms. The van der Waals surface area contributed by atoms with Gasteiger partial charge in [-0.25, -0.2) is 13.2 Å². The molecule has 0 radical (unpaired) electrons. The minimum atomic E-state index is -2.95. The van der Waals surface area contributed by atoms with Crippen LogP contribution in [0.1, 0.15) is 0 Å². The Kier molecular flexibility index (Phi) is 2.75. The molecule has 0 amide bonds. The van der Waals surface area contributed by atoms with Gasteiger partial charge in [0.05, 0.1) is 0 Å². The zero-order valence-electron chi connectivity index (χ0n) is 3.44. The van der Waals surface area contributed by atoms with Crippen molar-refractivity contribution in [3.63, 3.8) is 0 Å². The molecule has 1 N–H and O–H groups in total. The van der Waals surface area contributed by atoms with Crippen molar-refractivity contribution < 1.29 is 18.3 Å². The highest BCUT2D eigenvalue weighted by Gasteiger charge is 2.14. The number of halogens is 3. The highest BCUT2D eigenvalue weighted by atomic mass is 19.3. The number of aliphatic hydroxyl groups is 1. The lowest BCUT2D eigenvalue weighted by Crippen LogP contribution is -2.18. The van der Waals surface area contributed by atoms with Crippen molar-refractivity contribution in [1.29, 1.82) is 0 Å². The first kappa shape index (κ1) is 6.75. The maximum absolute atomic E-state index is 10.9. The molecule has 0 aromatic carbocycles. The first-order valence-corrected chi connectivity index (χ1v) is 1.70. The summed E-state index contributed by atoms with van der Waals surface area (Å²) >= 11 is 0. The van der Waals surface area contributed by atoms with Gasteiger partial charge >= 0.3 is 0 Å². The summed E-state index contributed by atoms with van der Waals surface area (Å²) in [4.78, 5) is 0. The second-order valence-corrected chi connectivity index (χ2v) is 1.06. The average Bonchev–Trinajstić information content (AvgIpc) is 1.65. The largest absolute Gasteiger partial charge is 0.384 e. The van der Waals surface area contributed by atoms with Gasteiger partial charge in [0, 0.05) is 0 Å². The molecule has 0 fully saturated rings. The number of alkyl halides is 3. The Morgan fingerprint density at radius 1 is 1.43 bits per heavy atom. The van der Waals surface area contributed by atoms with Gasteiger partial charge < -0.3 is 5.11 Å². The predicted molar refractivity (Wildman–Crippen MR) is 18.0 cm³/mol. The topological polar surface area (TPSA) is 20.2 Å². The molecular weight excluding hydrogens is 109 g/mol. The number of hydrogen-bond acceptors (Lipinski definition) is 1. The molecule has 4 heteroatoms. The number of rotatable bonds is 2. The summed E-state index contributed by atoms with van der Waals surface area (Å²) in [5, 5.41) is 7.81. The molecule has 0 aliphatic heterocycles. The van der Waals surface area contributed by atoms with E-state index in [2.05, 4.69) is 0 Å². The van der Waals surface area contributed by atoms with E-state index >= 15 is 0 Å². The van der Waals surface area contributed by atoms with E-state index in [9.17, 15) is 13.2 Å². The summed E-state index contributed by atoms with van der Waals surface area (Å²) < 4.78 is 32.8. The first-order valence-electron chi connectivity index (χ1n) is 1.70. The van der Waals surface area contributed by atoms with E-state index in [1.54, 1.807) is 0 Å². The van der Waals surface area contributed by atoms with Crippen molar-refractivity contribution in [3.8, 4) is 0 Å². The van der Waals surface area contributed by atoms with Crippen LogP contribution in [0.15, 0.2) is 0 Å². The Bertz CT molecular complexity index is 47.4. The van der Waals surface area contributed by atoms with E-state index in [-0.39, 0.29) is 0 Å². The van der Waals surface area contributed by atoms with Gasteiger partial charge in [0.1, 0.15) is 12.8 Å². The lowest BCUT2D eigenvalue weighted by molar-refractivity contribution is -0.0169. The van der Waals surface area contributed by atoms with Crippen molar-refractivity contribution in [2.24, 2.45) is 0 Å². The molecular formula is C3H5F3O.